The van der Waals surface area contributed by atoms with Crippen LogP contribution in [-0.2, 0) is 4.79 Å². The molecule has 2 unspecified atom stereocenters. The molecule has 1 heterocycles. The van der Waals surface area contributed by atoms with Crippen molar-refractivity contribution in [3.63, 3.8) is 0 Å². The topological polar surface area (TPSA) is 72.7 Å². The van der Waals surface area contributed by atoms with Gasteiger partial charge < -0.3 is 9.64 Å². The molecule has 2 atom stereocenters. The zero-order chi connectivity index (χ0) is 16.3. The van der Waals surface area contributed by atoms with E-state index in [0.717, 1.165) is 19.3 Å². The molecule has 1 saturated heterocycles. The van der Waals surface area contributed by atoms with Crippen LogP contribution in [0.5, 0.6) is 5.75 Å². The summed E-state index contributed by atoms with van der Waals surface area (Å²) in [6.07, 6.45) is 3.19. The SMILES string of the molecule is Cc1cc(OCC(=O)N2C(C)CCCC2C)ccc1[N+](=O)[O-]. The highest BCUT2D eigenvalue weighted by Crippen LogP contribution is 2.25. The monoisotopic (exact) mass is 306 g/mol. The number of benzene rings is 1. The molecule has 1 aromatic carbocycles. The predicted molar refractivity (Wildman–Crippen MR) is 82.9 cm³/mol. The summed E-state index contributed by atoms with van der Waals surface area (Å²) in [5.41, 5.74) is 0.576. The average molecular weight is 306 g/mol. The summed E-state index contributed by atoms with van der Waals surface area (Å²) in [6.45, 7) is 5.74. The molecule has 2 rings (SSSR count). The number of aryl methyl sites for hydroxylation is 1. The highest BCUT2D eigenvalue weighted by Gasteiger charge is 2.29. The Bertz CT molecular complexity index is 563. The molecule has 0 radical (unpaired) electrons. The summed E-state index contributed by atoms with van der Waals surface area (Å²) in [6, 6.07) is 4.99. The second kappa shape index (κ2) is 6.77. The van der Waals surface area contributed by atoms with Gasteiger partial charge in [-0.25, -0.2) is 0 Å². The van der Waals surface area contributed by atoms with Crippen LogP contribution in [0.4, 0.5) is 5.69 Å². The van der Waals surface area contributed by atoms with Crippen LogP contribution >= 0.6 is 0 Å². The largest absolute Gasteiger partial charge is 0.484 e. The number of likely N-dealkylation sites (tertiary alicyclic amines) is 1. The molecular weight excluding hydrogens is 284 g/mol. The Morgan fingerprint density at radius 3 is 2.55 bits per heavy atom. The van der Waals surface area contributed by atoms with E-state index in [4.69, 9.17) is 4.74 Å². The first kappa shape index (κ1) is 16.3. The number of piperidine rings is 1. The van der Waals surface area contributed by atoms with Gasteiger partial charge in [0.25, 0.3) is 11.6 Å². The number of nitro groups is 1. The van der Waals surface area contributed by atoms with Crippen molar-refractivity contribution in [1.29, 1.82) is 0 Å². The molecule has 6 heteroatoms. The van der Waals surface area contributed by atoms with Crippen molar-refractivity contribution in [2.24, 2.45) is 0 Å². The van der Waals surface area contributed by atoms with Crippen LogP contribution in [0.15, 0.2) is 18.2 Å². The van der Waals surface area contributed by atoms with Crippen LogP contribution in [0.25, 0.3) is 0 Å². The van der Waals surface area contributed by atoms with E-state index in [9.17, 15) is 14.9 Å². The summed E-state index contributed by atoms with van der Waals surface area (Å²) in [5.74, 6) is 0.449. The minimum atomic E-state index is -0.429. The van der Waals surface area contributed by atoms with E-state index in [0.29, 0.717) is 11.3 Å². The van der Waals surface area contributed by atoms with Crippen LogP contribution in [0.3, 0.4) is 0 Å². The van der Waals surface area contributed by atoms with Gasteiger partial charge in [0.05, 0.1) is 4.92 Å². The van der Waals surface area contributed by atoms with Crippen molar-refractivity contribution in [2.45, 2.75) is 52.1 Å². The van der Waals surface area contributed by atoms with Gasteiger partial charge in [-0.15, -0.1) is 0 Å². The molecule has 0 N–H and O–H groups in total. The molecule has 0 spiro atoms. The Kier molecular flexibility index (Phi) is 5.00. The normalized spacial score (nSPS) is 21.5. The second-order valence-electron chi connectivity index (χ2n) is 5.92. The van der Waals surface area contributed by atoms with Crippen molar-refractivity contribution in [1.82, 2.24) is 4.90 Å². The van der Waals surface area contributed by atoms with E-state index in [-0.39, 0.29) is 30.3 Å². The van der Waals surface area contributed by atoms with Gasteiger partial charge in [-0.3, -0.25) is 14.9 Å². The number of carbonyl (C=O) groups is 1. The van der Waals surface area contributed by atoms with Crippen LogP contribution in [-0.4, -0.2) is 34.4 Å². The quantitative estimate of drug-likeness (QED) is 0.633. The molecule has 1 aliphatic heterocycles. The Morgan fingerprint density at radius 2 is 2.00 bits per heavy atom. The van der Waals surface area contributed by atoms with Crippen molar-refractivity contribution in [3.05, 3.63) is 33.9 Å². The van der Waals surface area contributed by atoms with Crippen molar-refractivity contribution < 1.29 is 14.5 Å². The smallest absolute Gasteiger partial charge is 0.272 e. The third-order valence-corrected chi connectivity index (χ3v) is 4.21. The number of nitrogens with zero attached hydrogens (tertiary/aromatic N) is 2. The van der Waals surface area contributed by atoms with Crippen LogP contribution in [0.2, 0.25) is 0 Å². The molecule has 1 aromatic rings. The van der Waals surface area contributed by atoms with Crippen molar-refractivity contribution >= 4 is 11.6 Å². The lowest BCUT2D eigenvalue weighted by Gasteiger charge is -2.38. The van der Waals surface area contributed by atoms with E-state index >= 15 is 0 Å². The lowest BCUT2D eigenvalue weighted by molar-refractivity contribution is -0.385. The van der Waals surface area contributed by atoms with E-state index in [2.05, 4.69) is 13.8 Å². The molecule has 1 aliphatic rings. The summed E-state index contributed by atoms with van der Waals surface area (Å²) >= 11 is 0. The van der Waals surface area contributed by atoms with Crippen LogP contribution in [0.1, 0.15) is 38.7 Å². The summed E-state index contributed by atoms with van der Waals surface area (Å²) in [4.78, 5) is 24.6. The lowest BCUT2D eigenvalue weighted by Crippen LogP contribution is -2.49. The molecule has 22 heavy (non-hydrogen) atoms. The van der Waals surface area contributed by atoms with Gasteiger partial charge in [0.2, 0.25) is 0 Å². The molecule has 0 saturated carbocycles. The summed E-state index contributed by atoms with van der Waals surface area (Å²) in [5, 5.41) is 10.8. The first-order chi connectivity index (χ1) is 10.4. The Balaban J connectivity index is 1.99. The van der Waals surface area contributed by atoms with E-state index < -0.39 is 4.92 Å². The zero-order valence-electron chi connectivity index (χ0n) is 13.2. The van der Waals surface area contributed by atoms with Gasteiger partial charge >= 0.3 is 0 Å². The number of hydrogen-bond acceptors (Lipinski definition) is 4. The number of hydrogen-bond donors (Lipinski definition) is 0. The van der Waals surface area contributed by atoms with Gasteiger partial charge in [-0.2, -0.15) is 0 Å². The molecule has 0 aromatic heterocycles. The van der Waals surface area contributed by atoms with Crippen molar-refractivity contribution in [2.75, 3.05) is 6.61 Å². The maximum absolute atomic E-state index is 12.3. The first-order valence-corrected chi connectivity index (χ1v) is 7.59. The Morgan fingerprint density at radius 1 is 1.36 bits per heavy atom. The molecule has 6 nitrogen and oxygen atoms in total. The van der Waals surface area contributed by atoms with Gasteiger partial charge in [0.1, 0.15) is 5.75 Å². The predicted octanol–water partition coefficient (Wildman–Crippen LogP) is 3.07. The summed E-state index contributed by atoms with van der Waals surface area (Å²) < 4.78 is 5.52. The lowest BCUT2D eigenvalue weighted by atomic mass is 9.97. The molecule has 1 amide bonds. The van der Waals surface area contributed by atoms with Crippen LogP contribution in [0, 0.1) is 17.0 Å². The molecule has 0 bridgehead atoms. The molecule has 120 valence electrons. The molecule has 0 aliphatic carbocycles. The third kappa shape index (κ3) is 3.55. The number of carbonyl (C=O) groups excluding carboxylic acids is 1. The van der Waals surface area contributed by atoms with Crippen LogP contribution < -0.4 is 4.74 Å². The van der Waals surface area contributed by atoms with E-state index in [1.807, 2.05) is 4.90 Å². The fourth-order valence-corrected chi connectivity index (χ4v) is 3.06. The number of rotatable bonds is 4. The summed E-state index contributed by atoms with van der Waals surface area (Å²) in [7, 11) is 0. The molecular formula is C16H22N2O4. The standard InChI is InChI=1S/C16H22N2O4/c1-11-9-14(7-8-15(11)18(20)21)22-10-16(19)17-12(2)5-4-6-13(17)3/h7-9,12-13H,4-6,10H2,1-3H3. The fourth-order valence-electron chi connectivity index (χ4n) is 3.06. The number of nitro benzene ring substituents is 1. The highest BCUT2D eigenvalue weighted by molar-refractivity contribution is 5.78. The van der Waals surface area contributed by atoms with Gasteiger partial charge in [0, 0.05) is 23.7 Å². The van der Waals surface area contributed by atoms with Gasteiger partial charge in [-0.05, 0) is 52.2 Å². The Labute approximate surface area is 130 Å². The maximum atomic E-state index is 12.3. The van der Waals surface area contributed by atoms with E-state index in [1.54, 1.807) is 13.0 Å². The van der Waals surface area contributed by atoms with Gasteiger partial charge in [-0.1, -0.05) is 0 Å². The Hall–Kier alpha value is -2.11. The minimum absolute atomic E-state index is 0.0318. The maximum Gasteiger partial charge on any atom is 0.272 e. The zero-order valence-corrected chi connectivity index (χ0v) is 13.2. The number of amides is 1. The average Bonchev–Trinajstić information content (AvgIpc) is 2.44. The molecule has 1 fully saturated rings. The van der Waals surface area contributed by atoms with E-state index in [1.165, 1.54) is 12.1 Å². The second-order valence-corrected chi connectivity index (χ2v) is 5.92. The highest BCUT2D eigenvalue weighted by atomic mass is 16.6. The van der Waals surface area contributed by atoms with Crippen molar-refractivity contribution in [3.8, 4) is 5.75 Å². The minimum Gasteiger partial charge on any atom is -0.484 e. The fraction of sp³-hybridized carbons (Fsp3) is 0.562. The third-order valence-electron chi connectivity index (χ3n) is 4.21. The first-order valence-electron chi connectivity index (χ1n) is 7.59. The van der Waals surface area contributed by atoms with Gasteiger partial charge in [0.15, 0.2) is 6.61 Å². The number of ether oxygens (including phenoxy) is 1.